The third kappa shape index (κ3) is 5.33. The van der Waals surface area contributed by atoms with Gasteiger partial charge in [0, 0.05) is 29.4 Å². The molecule has 0 fully saturated rings. The number of pyridine rings is 1. The van der Waals surface area contributed by atoms with Crippen molar-refractivity contribution in [2.45, 2.75) is 20.3 Å². The van der Waals surface area contributed by atoms with Gasteiger partial charge in [0.05, 0.1) is 24.0 Å². The number of hydrogen-bond acceptors (Lipinski definition) is 4. The van der Waals surface area contributed by atoms with Gasteiger partial charge in [0.2, 0.25) is 0 Å². The van der Waals surface area contributed by atoms with Crippen molar-refractivity contribution in [3.05, 3.63) is 96.2 Å². The van der Waals surface area contributed by atoms with Crippen LogP contribution in [-0.4, -0.2) is 33.6 Å². The number of aromatic nitrogens is 2. The third-order valence-electron chi connectivity index (χ3n) is 4.24. The predicted molar refractivity (Wildman–Crippen MR) is 125 cm³/mol. The van der Waals surface area contributed by atoms with Gasteiger partial charge in [-0.05, 0) is 12.1 Å². The van der Waals surface area contributed by atoms with Crippen LogP contribution in [0.5, 0.6) is 0 Å². The minimum absolute atomic E-state index is 0.0717. The molecule has 2 N–H and O–H groups in total. The number of aliphatic imine (C=N–C) groups is 1. The molecule has 0 atom stereocenters. The van der Waals surface area contributed by atoms with E-state index >= 15 is 0 Å². The van der Waals surface area contributed by atoms with E-state index in [9.17, 15) is 0 Å². The van der Waals surface area contributed by atoms with E-state index in [0.717, 1.165) is 33.9 Å². The highest BCUT2D eigenvalue weighted by molar-refractivity contribution is 6.13. The molecule has 2 aromatic carbocycles. The van der Waals surface area contributed by atoms with Crippen molar-refractivity contribution in [1.82, 2.24) is 9.61 Å². The first-order chi connectivity index (χ1) is 14.8. The molecule has 0 saturated heterocycles. The van der Waals surface area contributed by atoms with E-state index in [4.69, 9.17) is 10.1 Å². The average molecular weight is 401 g/mol. The largest absolute Gasteiger partial charge is 0.395 e. The summed E-state index contributed by atoms with van der Waals surface area (Å²) in [6, 6.07) is 26.1. The Morgan fingerprint density at radius 3 is 2.10 bits per heavy atom. The normalized spacial score (nSPS) is 10.2. The maximum absolute atomic E-state index is 9.11. The Morgan fingerprint density at radius 1 is 0.933 bits per heavy atom. The quantitative estimate of drug-likeness (QED) is 0.430. The van der Waals surface area contributed by atoms with Crippen LogP contribution in [0.3, 0.4) is 0 Å². The number of hydrogen-bond donors (Lipinski definition) is 2. The minimum Gasteiger partial charge on any atom is -0.395 e. The Labute approximate surface area is 177 Å². The summed E-state index contributed by atoms with van der Waals surface area (Å²) in [5.41, 5.74) is 4.80. The number of nitrogens with zero attached hydrogens (tertiary/aromatic N) is 3. The summed E-state index contributed by atoms with van der Waals surface area (Å²) in [5, 5.41) is 16.7. The topological polar surface area (TPSA) is 61.9 Å². The lowest BCUT2D eigenvalue weighted by Crippen LogP contribution is -2.07. The van der Waals surface area contributed by atoms with Crippen molar-refractivity contribution in [3.8, 4) is 0 Å². The van der Waals surface area contributed by atoms with Crippen LogP contribution in [0.15, 0.2) is 90.1 Å². The van der Waals surface area contributed by atoms with Crippen molar-refractivity contribution in [3.63, 3.8) is 0 Å². The molecule has 30 heavy (non-hydrogen) atoms. The zero-order chi connectivity index (χ0) is 21.2. The second-order valence-electron chi connectivity index (χ2n) is 6.82. The minimum atomic E-state index is 0.0717. The number of benzene rings is 2. The Balaban J connectivity index is 0.000000806. The summed E-state index contributed by atoms with van der Waals surface area (Å²) in [7, 11) is 0. The van der Waals surface area contributed by atoms with Crippen LogP contribution in [0.25, 0.3) is 5.52 Å². The van der Waals surface area contributed by atoms with Gasteiger partial charge in [-0.15, -0.1) is 0 Å². The van der Waals surface area contributed by atoms with Gasteiger partial charge in [-0.2, -0.15) is 5.10 Å². The number of aliphatic hydroxyl groups excluding tert-OH is 1. The fraction of sp³-hybridized carbons (Fsp3) is 0.200. The van der Waals surface area contributed by atoms with Gasteiger partial charge in [-0.25, -0.2) is 9.51 Å². The Hall–Kier alpha value is -3.44. The highest BCUT2D eigenvalue weighted by Crippen LogP contribution is 2.24. The Morgan fingerprint density at radius 2 is 1.53 bits per heavy atom. The lowest BCUT2D eigenvalue weighted by atomic mass is 10.0. The van der Waals surface area contributed by atoms with E-state index in [1.54, 1.807) is 6.20 Å². The first-order valence-corrected chi connectivity index (χ1v) is 10.3. The van der Waals surface area contributed by atoms with E-state index in [0.29, 0.717) is 6.54 Å². The molecule has 0 saturated carbocycles. The maximum Gasteiger partial charge on any atom is 0.156 e. The third-order valence-corrected chi connectivity index (χ3v) is 4.24. The van der Waals surface area contributed by atoms with Gasteiger partial charge < -0.3 is 10.4 Å². The monoisotopic (exact) mass is 400 g/mol. The standard InChI is InChI=1S/C22H20N4O.C3H8/c27-14-13-23-19-15-20-11-12-24-26(20)21(16-19)25-22(17-7-3-1-4-8-17)18-9-5-2-6-10-18;1-3-2/h1-12,15-16,23,27H,13-14H2;3H2,1-2H3. The zero-order valence-electron chi connectivity index (χ0n) is 17.5. The van der Waals surface area contributed by atoms with E-state index in [-0.39, 0.29) is 6.61 Å². The molecule has 0 radical (unpaired) electrons. The molecule has 5 heteroatoms. The van der Waals surface area contributed by atoms with Gasteiger partial charge >= 0.3 is 0 Å². The van der Waals surface area contributed by atoms with Crippen LogP contribution in [0, 0.1) is 0 Å². The van der Waals surface area contributed by atoms with Crippen LogP contribution < -0.4 is 5.32 Å². The molecule has 0 amide bonds. The van der Waals surface area contributed by atoms with Crippen molar-refractivity contribution < 1.29 is 5.11 Å². The number of aliphatic hydroxyl groups is 1. The number of nitrogens with one attached hydrogen (secondary N) is 1. The highest BCUT2D eigenvalue weighted by atomic mass is 16.3. The first-order valence-electron chi connectivity index (χ1n) is 10.3. The molecular formula is C25H28N4O. The maximum atomic E-state index is 9.11. The second-order valence-corrected chi connectivity index (χ2v) is 6.82. The molecule has 0 spiro atoms. The summed E-state index contributed by atoms with van der Waals surface area (Å²) in [6.45, 7) is 4.81. The Kier molecular flexibility index (Phi) is 7.75. The van der Waals surface area contributed by atoms with Crippen LogP contribution in [0.2, 0.25) is 0 Å². The lowest BCUT2D eigenvalue weighted by Gasteiger charge is -2.11. The van der Waals surface area contributed by atoms with Gasteiger partial charge in [0.25, 0.3) is 0 Å². The highest BCUT2D eigenvalue weighted by Gasteiger charge is 2.10. The number of rotatable bonds is 6. The predicted octanol–water partition coefficient (Wildman–Crippen LogP) is 5.32. The van der Waals surface area contributed by atoms with Crippen molar-refractivity contribution in [2.24, 2.45) is 4.99 Å². The molecule has 0 unspecified atom stereocenters. The molecule has 154 valence electrons. The molecule has 0 bridgehead atoms. The van der Waals surface area contributed by atoms with Crippen molar-refractivity contribution in [2.75, 3.05) is 18.5 Å². The summed E-state index contributed by atoms with van der Waals surface area (Å²) >= 11 is 0. The van der Waals surface area contributed by atoms with E-state index in [2.05, 4.69) is 48.5 Å². The van der Waals surface area contributed by atoms with Crippen molar-refractivity contribution in [1.29, 1.82) is 0 Å². The molecule has 4 rings (SSSR count). The summed E-state index contributed by atoms with van der Waals surface area (Å²) in [5.74, 6) is 0.723. The van der Waals surface area contributed by atoms with E-state index < -0.39 is 0 Å². The van der Waals surface area contributed by atoms with Gasteiger partial charge in [0.1, 0.15) is 0 Å². The Bertz CT molecular complexity index is 1030. The van der Waals surface area contributed by atoms with Crippen LogP contribution in [0.4, 0.5) is 11.5 Å². The lowest BCUT2D eigenvalue weighted by molar-refractivity contribution is 0.311. The number of anilines is 1. The van der Waals surface area contributed by atoms with E-state index in [1.165, 1.54) is 6.42 Å². The molecule has 0 aliphatic heterocycles. The fourth-order valence-corrected chi connectivity index (χ4v) is 3.00. The number of fused-ring (bicyclic) bond motifs is 1. The van der Waals surface area contributed by atoms with Gasteiger partial charge in [-0.1, -0.05) is 80.9 Å². The molecule has 0 aliphatic rings. The molecule has 4 aromatic rings. The SMILES string of the molecule is CCC.OCCNc1cc(N=C(c2ccccc2)c2ccccc2)n2nccc2c1. The van der Waals surface area contributed by atoms with Crippen LogP contribution >= 0.6 is 0 Å². The molecule has 2 heterocycles. The summed E-state index contributed by atoms with van der Waals surface area (Å²) in [6.07, 6.45) is 3.01. The van der Waals surface area contributed by atoms with Gasteiger partial charge in [0.15, 0.2) is 5.82 Å². The van der Waals surface area contributed by atoms with Crippen LogP contribution in [0.1, 0.15) is 31.4 Å². The van der Waals surface area contributed by atoms with Crippen LogP contribution in [-0.2, 0) is 0 Å². The summed E-state index contributed by atoms with van der Waals surface area (Å²) < 4.78 is 1.82. The summed E-state index contributed by atoms with van der Waals surface area (Å²) in [4.78, 5) is 4.98. The second kappa shape index (κ2) is 10.9. The molecule has 2 aromatic heterocycles. The van der Waals surface area contributed by atoms with E-state index in [1.807, 2.05) is 59.1 Å². The molecular weight excluding hydrogens is 372 g/mol. The van der Waals surface area contributed by atoms with Crippen molar-refractivity contribution >= 4 is 22.7 Å². The smallest absolute Gasteiger partial charge is 0.156 e. The fourth-order valence-electron chi connectivity index (χ4n) is 3.00. The van der Waals surface area contributed by atoms with Gasteiger partial charge in [-0.3, -0.25) is 0 Å². The average Bonchev–Trinajstić information content (AvgIpc) is 3.26. The molecule has 0 aliphatic carbocycles. The first kappa shape index (κ1) is 21.3. The zero-order valence-corrected chi connectivity index (χ0v) is 17.5. The molecule has 5 nitrogen and oxygen atoms in total.